The lowest BCUT2D eigenvalue weighted by Crippen LogP contribution is -2.24. The van der Waals surface area contributed by atoms with Crippen LogP contribution in [0.1, 0.15) is 41.1 Å². The van der Waals surface area contributed by atoms with E-state index in [1.165, 1.54) is 0 Å². The smallest absolute Gasteiger partial charge is 0.336 e. The highest BCUT2D eigenvalue weighted by Crippen LogP contribution is 2.39. The van der Waals surface area contributed by atoms with Gasteiger partial charge in [-0.05, 0) is 56.0 Å². The van der Waals surface area contributed by atoms with Gasteiger partial charge in [-0.2, -0.15) is 0 Å². The van der Waals surface area contributed by atoms with E-state index in [2.05, 4.69) is 23.1 Å². The minimum absolute atomic E-state index is 0.240. The molecule has 0 radical (unpaired) electrons. The van der Waals surface area contributed by atoms with Crippen LogP contribution in [0.2, 0.25) is 0 Å². The van der Waals surface area contributed by atoms with Gasteiger partial charge in [0, 0.05) is 35.7 Å². The topological polar surface area (TPSA) is 51.9 Å². The molecule has 1 saturated heterocycles. The molecule has 152 valence electrons. The lowest BCUT2D eigenvalue weighted by Gasteiger charge is -2.27. The van der Waals surface area contributed by atoms with Gasteiger partial charge in [0.05, 0.1) is 14.2 Å². The maximum atomic E-state index is 12.2. The van der Waals surface area contributed by atoms with Crippen molar-refractivity contribution >= 4 is 11.0 Å². The van der Waals surface area contributed by atoms with Gasteiger partial charge in [0.2, 0.25) is 0 Å². The number of nitrogens with zero attached hydrogens (tertiary/aromatic N) is 1. The van der Waals surface area contributed by atoms with Crippen molar-refractivity contribution in [1.82, 2.24) is 4.90 Å². The predicted octanol–water partition coefficient (Wildman–Crippen LogP) is 4.76. The number of fused-ring (bicyclic) bond motifs is 1. The first-order valence-corrected chi connectivity index (χ1v) is 10.0. The molecule has 0 unspecified atom stereocenters. The quantitative estimate of drug-likeness (QED) is 0.585. The summed E-state index contributed by atoms with van der Waals surface area (Å²) >= 11 is 0. The monoisotopic (exact) mass is 393 g/mol. The fraction of sp³-hybridized carbons (Fsp3) is 0.375. The van der Waals surface area contributed by atoms with Gasteiger partial charge in [-0.1, -0.05) is 18.2 Å². The van der Waals surface area contributed by atoms with E-state index in [-0.39, 0.29) is 11.7 Å². The molecule has 2 heterocycles. The minimum Gasteiger partial charge on any atom is -0.497 e. The maximum Gasteiger partial charge on any atom is 0.336 e. The summed E-state index contributed by atoms with van der Waals surface area (Å²) < 4.78 is 16.5. The number of methoxy groups -OCH3 is 2. The van der Waals surface area contributed by atoms with E-state index < -0.39 is 0 Å². The van der Waals surface area contributed by atoms with E-state index in [4.69, 9.17) is 13.9 Å². The van der Waals surface area contributed by atoms with Crippen molar-refractivity contribution in [1.29, 1.82) is 0 Å². The zero-order valence-corrected chi connectivity index (χ0v) is 17.5. The van der Waals surface area contributed by atoms with Crippen LogP contribution in [0.3, 0.4) is 0 Å². The highest BCUT2D eigenvalue weighted by atomic mass is 16.5. The van der Waals surface area contributed by atoms with Crippen LogP contribution in [0.15, 0.2) is 45.6 Å². The largest absolute Gasteiger partial charge is 0.497 e. The van der Waals surface area contributed by atoms with Crippen LogP contribution in [0.25, 0.3) is 11.0 Å². The second-order valence-electron chi connectivity index (χ2n) is 7.71. The SMILES string of the molecule is COc1ccc([C@@H]2CCCN2Cc2cc(=O)oc3c(C)c(C)ccc23)c(OC)c1. The molecule has 1 atom stereocenters. The Labute approximate surface area is 170 Å². The molecule has 1 aliphatic heterocycles. The summed E-state index contributed by atoms with van der Waals surface area (Å²) in [5.74, 6) is 1.62. The molecule has 2 aromatic carbocycles. The van der Waals surface area contributed by atoms with Crippen LogP contribution in [0.5, 0.6) is 11.5 Å². The van der Waals surface area contributed by atoms with Gasteiger partial charge in [-0.15, -0.1) is 0 Å². The summed E-state index contributed by atoms with van der Waals surface area (Å²) in [6.45, 7) is 5.72. The summed E-state index contributed by atoms with van der Waals surface area (Å²) in [7, 11) is 3.35. The van der Waals surface area contributed by atoms with E-state index in [0.29, 0.717) is 12.1 Å². The molecule has 3 aromatic rings. The minimum atomic E-state index is -0.293. The number of likely N-dealkylation sites (tertiary alicyclic amines) is 1. The molecule has 0 saturated carbocycles. The summed E-state index contributed by atoms with van der Waals surface area (Å²) in [5.41, 5.74) is 4.73. The van der Waals surface area contributed by atoms with Crippen LogP contribution in [-0.4, -0.2) is 25.7 Å². The van der Waals surface area contributed by atoms with Crippen LogP contribution < -0.4 is 15.1 Å². The Morgan fingerprint density at radius 2 is 1.93 bits per heavy atom. The Kier molecular flexibility index (Phi) is 5.33. The van der Waals surface area contributed by atoms with E-state index in [1.807, 2.05) is 26.0 Å². The molecule has 5 nitrogen and oxygen atoms in total. The van der Waals surface area contributed by atoms with E-state index in [9.17, 15) is 4.79 Å². The number of aryl methyl sites for hydroxylation is 2. The molecule has 0 aliphatic carbocycles. The number of rotatable bonds is 5. The first-order valence-electron chi connectivity index (χ1n) is 10.0. The second-order valence-corrected chi connectivity index (χ2v) is 7.71. The summed E-state index contributed by atoms with van der Waals surface area (Å²) in [6.07, 6.45) is 2.16. The third-order valence-electron chi connectivity index (χ3n) is 6.05. The Bertz CT molecular complexity index is 1100. The van der Waals surface area contributed by atoms with Gasteiger partial charge < -0.3 is 13.9 Å². The third-order valence-corrected chi connectivity index (χ3v) is 6.05. The standard InChI is InChI=1S/C24H27NO4/c1-15-7-9-19-17(12-23(26)29-24(19)16(15)2)14-25-11-5-6-21(25)20-10-8-18(27-3)13-22(20)28-4/h7-10,12-13,21H,5-6,11,14H2,1-4H3/t21-/m0/s1. The van der Waals surface area contributed by atoms with E-state index >= 15 is 0 Å². The van der Waals surface area contributed by atoms with Gasteiger partial charge in [0.15, 0.2) is 0 Å². The Hall–Kier alpha value is -2.79. The van der Waals surface area contributed by atoms with Crippen LogP contribution >= 0.6 is 0 Å². The highest BCUT2D eigenvalue weighted by Gasteiger charge is 2.29. The summed E-state index contributed by atoms with van der Waals surface area (Å²) in [5, 5.41) is 1.01. The first kappa shape index (κ1) is 19.5. The van der Waals surface area contributed by atoms with Crippen molar-refractivity contribution < 1.29 is 13.9 Å². The predicted molar refractivity (Wildman–Crippen MR) is 114 cm³/mol. The molecular formula is C24H27NO4. The Morgan fingerprint density at radius 3 is 2.69 bits per heavy atom. The molecule has 5 heteroatoms. The molecule has 1 aliphatic rings. The van der Waals surface area contributed by atoms with Crippen molar-refractivity contribution in [3.8, 4) is 11.5 Å². The van der Waals surface area contributed by atoms with Crippen molar-refractivity contribution in [3.63, 3.8) is 0 Å². The zero-order valence-electron chi connectivity index (χ0n) is 17.5. The lowest BCUT2D eigenvalue weighted by molar-refractivity contribution is 0.243. The van der Waals surface area contributed by atoms with Crippen LogP contribution in [0, 0.1) is 13.8 Å². The lowest BCUT2D eigenvalue weighted by atomic mass is 10.0. The molecular weight excluding hydrogens is 366 g/mol. The number of hydrogen-bond donors (Lipinski definition) is 0. The Morgan fingerprint density at radius 1 is 1.10 bits per heavy atom. The zero-order chi connectivity index (χ0) is 20.5. The van der Waals surface area contributed by atoms with Crippen molar-refractivity contribution in [2.45, 2.75) is 39.3 Å². The van der Waals surface area contributed by atoms with Gasteiger partial charge in [-0.3, -0.25) is 4.90 Å². The average molecular weight is 393 g/mol. The third kappa shape index (κ3) is 3.62. The molecule has 0 bridgehead atoms. The van der Waals surface area contributed by atoms with Gasteiger partial charge in [-0.25, -0.2) is 4.79 Å². The molecule has 0 spiro atoms. The summed E-state index contributed by atoms with van der Waals surface area (Å²) in [4.78, 5) is 14.7. The fourth-order valence-corrected chi connectivity index (χ4v) is 4.34. The number of hydrogen-bond acceptors (Lipinski definition) is 5. The van der Waals surface area contributed by atoms with Crippen molar-refractivity contribution in [2.24, 2.45) is 0 Å². The molecule has 1 aromatic heterocycles. The first-order chi connectivity index (χ1) is 14.0. The van der Waals surface area contributed by atoms with Gasteiger partial charge in [0.25, 0.3) is 0 Å². The van der Waals surface area contributed by atoms with Gasteiger partial charge >= 0.3 is 5.63 Å². The van der Waals surface area contributed by atoms with Gasteiger partial charge in [0.1, 0.15) is 17.1 Å². The maximum absolute atomic E-state index is 12.2. The molecule has 29 heavy (non-hydrogen) atoms. The molecule has 4 rings (SSSR count). The Balaban J connectivity index is 1.72. The average Bonchev–Trinajstić information content (AvgIpc) is 3.18. The van der Waals surface area contributed by atoms with Crippen molar-refractivity contribution in [3.05, 3.63) is 69.1 Å². The summed E-state index contributed by atoms with van der Waals surface area (Å²) in [6, 6.07) is 12.0. The number of benzene rings is 2. The normalized spacial score (nSPS) is 17.0. The van der Waals surface area contributed by atoms with Crippen LogP contribution in [-0.2, 0) is 6.54 Å². The fourth-order valence-electron chi connectivity index (χ4n) is 4.34. The second kappa shape index (κ2) is 7.91. The van der Waals surface area contributed by atoms with Crippen molar-refractivity contribution in [2.75, 3.05) is 20.8 Å². The van der Waals surface area contributed by atoms with E-state index in [1.54, 1.807) is 20.3 Å². The molecule has 0 N–H and O–H groups in total. The van der Waals surface area contributed by atoms with Crippen LogP contribution in [0.4, 0.5) is 0 Å². The highest BCUT2D eigenvalue weighted by molar-refractivity contribution is 5.83. The number of ether oxygens (including phenoxy) is 2. The molecule has 1 fully saturated rings. The van der Waals surface area contributed by atoms with E-state index in [0.717, 1.165) is 58.5 Å². The molecule has 0 amide bonds.